The van der Waals surface area contributed by atoms with E-state index in [4.69, 9.17) is 5.73 Å². The van der Waals surface area contributed by atoms with Crippen LogP contribution in [-0.2, 0) is 7.05 Å². The summed E-state index contributed by atoms with van der Waals surface area (Å²) in [6, 6.07) is 0.0899. The molecule has 0 radical (unpaired) electrons. The minimum Gasteiger partial charge on any atom is -0.326 e. The molecule has 2 heterocycles. The largest absolute Gasteiger partial charge is 0.326 e. The zero-order valence-electron chi connectivity index (χ0n) is 9.92. The standard InChI is InChI=1S/C11H16IN5/c1-3-10(13)11(8-4-14-16(2)6-8)17-7-9(12)5-15-17/h4-7,10-11H,3,13H2,1-2H3. The SMILES string of the molecule is CCC(N)C(c1cnn(C)c1)n1cc(I)cn1. The molecule has 0 spiro atoms. The summed E-state index contributed by atoms with van der Waals surface area (Å²) in [5.41, 5.74) is 7.30. The van der Waals surface area contributed by atoms with Crippen molar-refractivity contribution in [2.45, 2.75) is 25.4 Å². The Morgan fingerprint density at radius 1 is 1.35 bits per heavy atom. The van der Waals surface area contributed by atoms with Crippen LogP contribution in [-0.4, -0.2) is 25.6 Å². The van der Waals surface area contributed by atoms with Gasteiger partial charge in [0.05, 0.1) is 22.0 Å². The van der Waals surface area contributed by atoms with Crippen molar-refractivity contribution >= 4 is 22.6 Å². The average Bonchev–Trinajstić information content (AvgIpc) is 2.89. The van der Waals surface area contributed by atoms with Gasteiger partial charge >= 0.3 is 0 Å². The summed E-state index contributed by atoms with van der Waals surface area (Å²) in [5.74, 6) is 0. The van der Waals surface area contributed by atoms with Gasteiger partial charge in [-0.15, -0.1) is 0 Å². The number of halogens is 1. The summed E-state index contributed by atoms with van der Waals surface area (Å²) in [6.07, 6.45) is 8.60. The molecule has 2 rings (SSSR count). The van der Waals surface area contributed by atoms with E-state index < -0.39 is 0 Å². The van der Waals surface area contributed by atoms with Gasteiger partial charge < -0.3 is 5.73 Å². The minimum absolute atomic E-state index is 0.0369. The van der Waals surface area contributed by atoms with Crippen molar-refractivity contribution in [3.8, 4) is 0 Å². The van der Waals surface area contributed by atoms with Gasteiger partial charge in [-0.05, 0) is 29.0 Å². The molecule has 0 aliphatic carbocycles. The molecule has 2 aromatic heterocycles. The molecule has 0 aliphatic heterocycles. The second-order valence-electron chi connectivity index (χ2n) is 4.10. The van der Waals surface area contributed by atoms with Crippen molar-refractivity contribution in [3.05, 3.63) is 33.9 Å². The van der Waals surface area contributed by atoms with Crippen LogP contribution < -0.4 is 5.73 Å². The van der Waals surface area contributed by atoms with Gasteiger partial charge in [-0.25, -0.2) is 0 Å². The lowest BCUT2D eigenvalue weighted by atomic mass is 10.0. The highest BCUT2D eigenvalue weighted by Gasteiger charge is 2.22. The average molecular weight is 345 g/mol. The summed E-state index contributed by atoms with van der Waals surface area (Å²) in [6.45, 7) is 2.09. The molecule has 0 saturated carbocycles. The van der Waals surface area contributed by atoms with Gasteiger partial charge in [-0.2, -0.15) is 10.2 Å². The van der Waals surface area contributed by atoms with Gasteiger partial charge in [0.15, 0.2) is 0 Å². The zero-order chi connectivity index (χ0) is 12.4. The summed E-state index contributed by atoms with van der Waals surface area (Å²) < 4.78 is 4.83. The lowest BCUT2D eigenvalue weighted by Crippen LogP contribution is -2.32. The van der Waals surface area contributed by atoms with Crippen molar-refractivity contribution in [1.29, 1.82) is 0 Å². The summed E-state index contributed by atoms with van der Waals surface area (Å²) in [4.78, 5) is 0. The third-order valence-electron chi connectivity index (χ3n) is 2.80. The van der Waals surface area contributed by atoms with Crippen molar-refractivity contribution in [2.24, 2.45) is 12.8 Å². The number of aryl methyl sites for hydroxylation is 1. The molecule has 2 atom stereocenters. The van der Waals surface area contributed by atoms with E-state index in [2.05, 4.69) is 39.7 Å². The molecule has 2 N–H and O–H groups in total. The van der Waals surface area contributed by atoms with Crippen LogP contribution in [0.5, 0.6) is 0 Å². The Morgan fingerprint density at radius 2 is 2.12 bits per heavy atom. The summed E-state index contributed by atoms with van der Waals surface area (Å²) in [7, 11) is 1.91. The monoisotopic (exact) mass is 345 g/mol. The van der Waals surface area contributed by atoms with Crippen LogP contribution >= 0.6 is 22.6 Å². The molecule has 92 valence electrons. The first-order valence-corrected chi connectivity index (χ1v) is 6.63. The number of rotatable bonds is 4. The summed E-state index contributed by atoms with van der Waals surface area (Å²) in [5, 5.41) is 8.57. The van der Waals surface area contributed by atoms with E-state index in [-0.39, 0.29) is 12.1 Å². The maximum Gasteiger partial charge on any atom is 0.0949 e. The van der Waals surface area contributed by atoms with E-state index in [0.717, 1.165) is 15.6 Å². The normalized spacial score (nSPS) is 14.8. The van der Waals surface area contributed by atoms with E-state index in [9.17, 15) is 0 Å². The lowest BCUT2D eigenvalue weighted by Gasteiger charge is -2.22. The fourth-order valence-electron chi connectivity index (χ4n) is 1.88. The van der Waals surface area contributed by atoms with Gasteiger partial charge in [0.1, 0.15) is 0 Å². The second-order valence-corrected chi connectivity index (χ2v) is 5.35. The number of aromatic nitrogens is 4. The number of hydrogen-bond donors (Lipinski definition) is 1. The van der Waals surface area contributed by atoms with Crippen molar-refractivity contribution in [3.63, 3.8) is 0 Å². The van der Waals surface area contributed by atoms with E-state index in [1.807, 2.05) is 36.5 Å². The Balaban J connectivity index is 2.38. The predicted octanol–water partition coefficient (Wildman–Crippen LogP) is 1.55. The van der Waals surface area contributed by atoms with Crippen molar-refractivity contribution in [1.82, 2.24) is 19.6 Å². The Labute approximate surface area is 114 Å². The smallest absolute Gasteiger partial charge is 0.0949 e. The lowest BCUT2D eigenvalue weighted by molar-refractivity contribution is 0.423. The molecule has 0 aliphatic rings. The highest BCUT2D eigenvalue weighted by molar-refractivity contribution is 14.1. The molecular formula is C11H16IN5. The predicted molar refractivity (Wildman–Crippen MR) is 74.6 cm³/mol. The third-order valence-corrected chi connectivity index (χ3v) is 3.36. The molecule has 0 fully saturated rings. The Kier molecular flexibility index (Phi) is 3.82. The van der Waals surface area contributed by atoms with Gasteiger partial charge in [-0.1, -0.05) is 6.92 Å². The van der Waals surface area contributed by atoms with Crippen LogP contribution in [0.2, 0.25) is 0 Å². The number of nitrogens with zero attached hydrogens (tertiary/aromatic N) is 4. The first-order valence-electron chi connectivity index (χ1n) is 5.55. The fourth-order valence-corrected chi connectivity index (χ4v) is 2.29. The third kappa shape index (κ3) is 2.68. The second kappa shape index (κ2) is 5.18. The molecule has 0 saturated heterocycles. The molecule has 2 unspecified atom stereocenters. The van der Waals surface area contributed by atoms with Crippen molar-refractivity contribution in [2.75, 3.05) is 0 Å². The molecule has 6 heteroatoms. The number of nitrogens with two attached hydrogens (primary N) is 1. The first-order chi connectivity index (χ1) is 8.11. The van der Waals surface area contributed by atoms with Crippen LogP contribution in [0.15, 0.2) is 24.8 Å². The van der Waals surface area contributed by atoms with Crippen LogP contribution in [0.3, 0.4) is 0 Å². The minimum atomic E-state index is 0.0369. The molecular weight excluding hydrogens is 329 g/mol. The molecule has 5 nitrogen and oxygen atoms in total. The van der Waals surface area contributed by atoms with Crippen molar-refractivity contribution < 1.29 is 0 Å². The van der Waals surface area contributed by atoms with Crippen LogP contribution in [0.4, 0.5) is 0 Å². The van der Waals surface area contributed by atoms with E-state index in [0.29, 0.717) is 0 Å². The van der Waals surface area contributed by atoms with Gasteiger partial charge in [0, 0.05) is 31.0 Å². The molecule has 2 aromatic rings. The van der Waals surface area contributed by atoms with E-state index >= 15 is 0 Å². The molecule has 0 aromatic carbocycles. The summed E-state index contributed by atoms with van der Waals surface area (Å²) >= 11 is 2.25. The quantitative estimate of drug-likeness (QED) is 0.856. The molecule has 0 amide bonds. The first kappa shape index (κ1) is 12.6. The van der Waals surface area contributed by atoms with Crippen LogP contribution in [0, 0.1) is 3.57 Å². The van der Waals surface area contributed by atoms with Gasteiger partial charge in [-0.3, -0.25) is 9.36 Å². The van der Waals surface area contributed by atoms with E-state index in [1.165, 1.54) is 0 Å². The van der Waals surface area contributed by atoms with E-state index in [1.54, 1.807) is 4.68 Å². The van der Waals surface area contributed by atoms with Crippen LogP contribution in [0.1, 0.15) is 24.9 Å². The van der Waals surface area contributed by atoms with Crippen LogP contribution in [0.25, 0.3) is 0 Å². The highest BCUT2D eigenvalue weighted by Crippen LogP contribution is 2.22. The highest BCUT2D eigenvalue weighted by atomic mass is 127. The maximum absolute atomic E-state index is 6.20. The number of hydrogen-bond acceptors (Lipinski definition) is 3. The zero-order valence-corrected chi connectivity index (χ0v) is 12.1. The Hall–Kier alpha value is -0.890. The van der Waals surface area contributed by atoms with Gasteiger partial charge in [0.2, 0.25) is 0 Å². The fraction of sp³-hybridized carbons (Fsp3) is 0.455. The molecule has 0 bridgehead atoms. The Bertz CT molecular complexity index is 449. The maximum atomic E-state index is 6.20. The Morgan fingerprint density at radius 3 is 2.59 bits per heavy atom. The van der Waals surface area contributed by atoms with Gasteiger partial charge in [0.25, 0.3) is 0 Å². The topological polar surface area (TPSA) is 61.7 Å². The molecule has 17 heavy (non-hydrogen) atoms.